The van der Waals surface area contributed by atoms with Crippen molar-refractivity contribution < 1.29 is 17.6 Å². The molecule has 0 spiro atoms. The van der Waals surface area contributed by atoms with Gasteiger partial charge in [0.15, 0.2) is 9.84 Å². The molecule has 0 radical (unpaired) electrons. The highest BCUT2D eigenvalue weighted by molar-refractivity contribution is 7.91. The molecule has 132 valence electrons. The SMILES string of the molecule is CCN1CCN(C(=O)Cc2ccc(F)cc2Cl)[C@H]2CS(=O)(=O)C[C@H]21. The molecule has 0 N–H and O–H groups in total. The molecule has 5 nitrogen and oxygen atoms in total. The van der Waals surface area contributed by atoms with Crippen LogP contribution in [-0.2, 0) is 21.1 Å². The number of nitrogens with zero attached hydrogens (tertiary/aromatic N) is 2. The lowest BCUT2D eigenvalue weighted by molar-refractivity contribution is -0.136. The van der Waals surface area contributed by atoms with Gasteiger partial charge in [0.05, 0.1) is 24.0 Å². The number of likely N-dealkylation sites (N-methyl/N-ethyl adjacent to an activating group) is 1. The third-order valence-electron chi connectivity index (χ3n) is 4.87. The Bertz CT molecular complexity index is 756. The summed E-state index contributed by atoms with van der Waals surface area (Å²) in [6.07, 6.45) is 0.0501. The van der Waals surface area contributed by atoms with E-state index < -0.39 is 15.7 Å². The number of halogens is 2. The van der Waals surface area contributed by atoms with Crippen LogP contribution in [0.3, 0.4) is 0 Å². The standard InChI is InChI=1S/C16H20ClFN2O3S/c1-2-19-5-6-20(15-10-24(22,23)9-14(15)19)16(21)7-11-3-4-12(18)8-13(11)17/h3-4,8,14-15H,2,5-7,9-10H2,1H3/t14-,15+/m1/s1. The maximum atomic E-state index is 13.1. The lowest BCUT2D eigenvalue weighted by Gasteiger charge is -2.43. The predicted octanol–water partition coefficient (Wildman–Crippen LogP) is 1.35. The normalized spacial score (nSPS) is 26.4. The minimum Gasteiger partial charge on any atom is -0.336 e. The number of carbonyl (C=O) groups is 1. The Hall–Kier alpha value is -1.18. The smallest absolute Gasteiger partial charge is 0.227 e. The summed E-state index contributed by atoms with van der Waals surface area (Å²) >= 11 is 6.00. The highest BCUT2D eigenvalue weighted by atomic mass is 35.5. The molecule has 1 amide bonds. The van der Waals surface area contributed by atoms with Crippen LogP contribution in [0.25, 0.3) is 0 Å². The summed E-state index contributed by atoms with van der Waals surface area (Å²) < 4.78 is 37.2. The average molecular weight is 375 g/mol. The Morgan fingerprint density at radius 2 is 2.00 bits per heavy atom. The van der Waals surface area contributed by atoms with Crippen LogP contribution < -0.4 is 0 Å². The summed E-state index contributed by atoms with van der Waals surface area (Å²) in [7, 11) is -3.14. The van der Waals surface area contributed by atoms with E-state index in [4.69, 9.17) is 11.6 Å². The lowest BCUT2D eigenvalue weighted by atomic mass is 10.0. The van der Waals surface area contributed by atoms with Crippen molar-refractivity contribution in [1.82, 2.24) is 9.80 Å². The first-order chi connectivity index (χ1) is 11.3. The van der Waals surface area contributed by atoms with Gasteiger partial charge in [-0.25, -0.2) is 12.8 Å². The highest BCUT2D eigenvalue weighted by Gasteiger charge is 2.47. The van der Waals surface area contributed by atoms with Gasteiger partial charge >= 0.3 is 0 Å². The molecule has 2 saturated heterocycles. The average Bonchev–Trinajstić information content (AvgIpc) is 2.83. The van der Waals surface area contributed by atoms with Crippen LogP contribution >= 0.6 is 11.6 Å². The molecule has 1 aromatic rings. The van der Waals surface area contributed by atoms with E-state index >= 15 is 0 Å². The molecule has 0 unspecified atom stereocenters. The molecule has 1 aromatic carbocycles. The molecule has 2 aliphatic heterocycles. The monoisotopic (exact) mass is 374 g/mol. The van der Waals surface area contributed by atoms with Crippen LogP contribution in [0.4, 0.5) is 4.39 Å². The highest BCUT2D eigenvalue weighted by Crippen LogP contribution is 2.28. The third-order valence-corrected chi connectivity index (χ3v) is 6.92. The van der Waals surface area contributed by atoms with Gasteiger partial charge in [-0.1, -0.05) is 24.6 Å². The lowest BCUT2D eigenvalue weighted by Crippen LogP contribution is -2.60. The van der Waals surface area contributed by atoms with E-state index in [1.807, 2.05) is 6.92 Å². The topological polar surface area (TPSA) is 57.7 Å². The van der Waals surface area contributed by atoms with Crippen LogP contribution in [0.1, 0.15) is 12.5 Å². The number of carbonyl (C=O) groups excluding carboxylic acids is 1. The molecular formula is C16H20ClFN2O3S. The van der Waals surface area contributed by atoms with Gasteiger partial charge in [0.2, 0.25) is 5.91 Å². The van der Waals surface area contributed by atoms with Crippen LogP contribution in [0.15, 0.2) is 18.2 Å². The summed E-state index contributed by atoms with van der Waals surface area (Å²) in [5.41, 5.74) is 0.554. The van der Waals surface area contributed by atoms with Crippen molar-refractivity contribution in [1.29, 1.82) is 0 Å². The number of rotatable bonds is 3. The number of piperazine rings is 1. The van der Waals surface area contributed by atoms with Crippen LogP contribution in [0, 0.1) is 5.82 Å². The van der Waals surface area contributed by atoms with Crippen LogP contribution in [0.5, 0.6) is 0 Å². The summed E-state index contributed by atoms with van der Waals surface area (Å²) in [6, 6.07) is 3.51. The van der Waals surface area contributed by atoms with Crippen molar-refractivity contribution in [3.8, 4) is 0 Å². The summed E-state index contributed by atoms with van der Waals surface area (Å²) in [5, 5.41) is 0.214. The molecule has 0 aliphatic carbocycles. The molecule has 2 heterocycles. The number of benzene rings is 1. The van der Waals surface area contributed by atoms with Gasteiger partial charge in [0, 0.05) is 24.2 Å². The number of amides is 1. The fraction of sp³-hybridized carbons (Fsp3) is 0.562. The molecule has 0 aromatic heterocycles. The second-order valence-corrected chi connectivity index (χ2v) is 8.90. The molecule has 0 saturated carbocycles. The summed E-state index contributed by atoms with van der Waals surface area (Å²) in [4.78, 5) is 16.5. The Morgan fingerprint density at radius 1 is 1.29 bits per heavy atom. The third kappa shape index (κ3) is 3.43. The quantitative estimate of drug-likeness (QED) is 0.801. The largest absolute Gasteiger partial charge is 0.336 e. The molecule has 0 bridgehead atoms. The van der Waals surface area contributed by atoms with Crippen molar-refractivity contribution in [3.63, 3.8) is 0 Å². The van der Waals surface area contributed by atoms with E-state index in [2.05, 4.69) is 4.90 Å². The van der Waals surface area contributed by atoms with Gasteiger partial charge in [0.1, 0.15) is 5.82 Å². The van der Waals surface area contributed by atoms with E-state index in [1.165, 1.54) is 18.2 Å². The molecular weight excluding hydrogens is 355 g/mol. The van der Waals surface area contributed by atoms with Crippen molar-refractivity contribution in [3.05, 3.63) is 34.6 Å². The maximum Gasteiger partial charge on any atom is 0.227 e. The Morgan fingerprint density at radius 3 is 2.67 bits per heavy atom. The van der Waals surface area contributed by atoms with Gasteiger partial charge in [-0.3, -0.25) is 9.69 Å². The first kappa shape index (κ1) is 17.6. The molecule has 8 heteroatoms. The summed E-state index contributed by atoms with van der Waals surface area (Å²) in [5.74, 6) is -0.495. The van der Waals surface area contributed by atoms with E-state index in [-0.39, 0.29) is 40.9 Å². The minimum atomic E-state index is -3.14. The Labute approximate surface area is 146 Å². The Balaban J connectivity index is 1.79. The fourth-order valence-electron chi connectivity index (χ4n) is 3.66. The molecule has 2 aliphatic rings. The molecule has 3 rings (SSSR count). The van der Waals surface area contributed by atoms with Crippen molar-refractivity contribution in [2.75, 3.05) is 31.1 Å². The van der Waals surface area contributed by atoms with Crippen LogP contribution in [-0.4, -0.2) is 67.3 Å². The van der Waals surface area contributed by atoms with Gasteiger partial charge in [-0.2, -0.15) is 0 Å². The zero-order valence-corrected chi connectivity index (χ0v) is 15.0. The fourth-order valence-corrected chi connectivity index (χ4v) is 5.90. The van der Waals surface area contributed by atoms with E-state index in [0.717, 1.165) is 6.54 Å². The number of hydrogen-bond donors (Lipinski definition) is 0. The van der Waals surface area contributed by atoms with Gasteiger partial charge in [-0.15, -0.1) is 0 Å². The Kier molecular flexibility index (Phi) is 4.86. The number of sulfone groups is 1. The number of hydrogen-bond acceptors (Lipinski definition) is 4. The second kappa shape index (κ2) is 6.61. The molecule has 2 atom stereocenters. The second-order valence-electron chi connectivity index (χ2n) is 6.34. The van der Waals surface area contributed by atoms with Crippen molar-refractivity contribution in [2.45, 2.75) is 25.4 Å². The maximum absolute atomic E-state index is 13.1. The predicted molar refractivity (Wildman–Crippen MR) is 90.3 cm³/mol. The van der Waals surface area contributed by atoms with E-state index in [9.17, 15) is 17.6 Å². The zero-order valence-electron chi connectivity index (χ0n) is 13.4. The zero-order chi connectivity index (χ0) is 17.5. The first-order valence-electron chi connectivity index (χ1n) is 7.98. The van der Waals surface area contributed by atoms with Crippen molar-refractivity contribution >= 4 is 27.3 Å². The van der Waals surface area contributed by atoms with E-state index in [0.29, 0.717) is 18.7 Å². The van der Waals surface area contributed by atoms with Gasteiger partial charge < -0.3 is 4.90 Å². The summed E-state index contributed by atoms with van der Waals surface area (Å²) in [6.45, 7) is 3.93. The molecule has 2 fully saturated rings. The van der Waals surface area contributed by atoms with Crippen molar-refractivity contribution in [2.24, 2.45) is 0 Å². The van der Waals surface area contributed by atoms with Crippen LogP contribution in [0.2, 0.25) is 5.02 Å². The molecule has 24 heavy (non-hydrogen) atoms. The van der Waals surface area contributed by atoms with Gasteiger partial charge in [-0.05, 0) is 24.2 Å². The van der Waals surface area contributed by atoms with Gasteiger partial charge in [0.25, 0.3) is 0 Å². The number of fused-ring (bicyclic) bond motifs is 1. The first-order valence-corrected chi connectivity index (χ1v) is 10.2. The van der Waals surface area contributed by atoms with E-state index in [1.54, 1.807) is 4.90 Å². The minimum absolute atomic E-state index is 0.0110.